The van der Waals surface area contributed by atoms with E-state index >= 15 is 0 Å². The lowest BCUT2D eigenvalue weighted by Crippen LogP contribution is -2.63. The van der Waals surface area contributed by atoms with E-state index < -0.39 is 5.60 Å². The molecule has 2 aromatic rings. The Hall–Kier alpha value is -2.73. The van der Waals surface area contributed by atoms with Crippen molar-refractivity contribution in [3.05, 3.63) is 71.5 Å². The summed E-state index contributed by atoms with van der Waals surface area (Å²) in [6.07, 6.45) is 0.512. The first-order valence-corrected chi connectivity index (χ1v) is 8.59. The standard InChI is InChI=1S/C20H19FN2O3/c21-17-8-6-15(7-9-17)10-18(24)22-13-20(14-22)11-19(25)23(26-20)12-16-4-2-1-3-5-16/h1-9H,10-14H2. The van der Waals surface area contributed by atoms with Crippen LogP contribution in [-0.2, 0) is 27.4 Å². The number of carbonyl (C=O) groups is 2. The zero-order valence-electron chi connectivity index (χ0n) is 14.2. The average molecular weight is 354 g/mol. The number of benzene rings is 2. The molecule has 0 aromatic heterocycles. The average Bonchev–Trinajstić information content (AvgIpc) is 2.93. The summed E-state index contributed by atoms with van der Waals surface area (Å²) in [5.74, 6) is -0.417. The van der Waals surface area contributed by atoms with Gasteiger partial charge in [-0.1, -0.05) is 42.5 Å². The second-order valence-corrected chi connectivity index (χ2v) is 6.92. The van der Waals surface area contributed by atoms with Gasteiger partial charge in [0.25, 0.3) is 0 Å². The van der Waals surface area contributed by atoms with Crippen LogP contribution in [0.4, 0.5) is 4.39 Å². The topological polar surface area (TPSA) is 49.9 Å². The van der Waals surface area contributed by atoms with Crippen LogP contribution in [-0.4, -0.2) is 40.5 Å². The molecule has 0 bridgehead atoms. The first-order valence-electron chi connectivity index (χ1n) is 8.59. The third-order valence-electron chi connectivity index (χ3n) is 4.80. The largest absolute Gasteiger partial charge is 0.336 e. The van der Waals surface area contributed by atoms with Crippen LogP contribution in [0.15, 0.2) is 54.6 Å². The second kappa shape index (κ2) is 6.53. The zero-order chi connectivity index (χ0) is 18.1. The van der Waals surface area contributed by atoms with Crippen molar-refractivity contribution in [1.82, 2.24) is 9.96 Å². The quantitative estimate of drug-likeness (QED) is 0.847. The van der Waals surface area contributed by atoms with Crippen molar-refractivity contribution in [2.75, 3.05) is 13.1 Å². The molecule has 0 radical (unpaired) electrons. The van der Waals surface area contributed by atoms with Gasteiger partial charge in [0.15, 0.2) is 0 Å². The molecule has 0 aliphatic carbocycles. The molecule has 2 heterocycles. The predicted molar refractivity (Wildman–Crippen MR) is 92.1 cm³/mol. The van der Waals surface area contributed by atoms with Crippen LogP contribution >= 0.6 is 0 Å². The first kappa shape index (κ1) is 16.7. The summed E-state index contributed by atoms with van der Waals surface area (Å²) in [7, 11) is 0. The molecule has 2 aromatic carbocycles. The van der Waals surface area contributed by atoms with Crippen LogP contribution in [0.5, 0.6) is 0 Å². The van der Waals surface area contributed by atoms with E-state index in [1.54, 1.807) is 17.0 Å². The van der Waals surface area contributed by atoms with E-state index in [1.807, 2.05) is 30.3 Å². The molecule has 2 aliphatic heterocycles. The van der Waals surface area contributed by atoms with Crippen LogP contribution in [0, 0.1) is 5.82 Å². The third-order valence-corrected chi connectivity index (χ3v) is 4.80. The molecule has 0 N–H and O–H groups in total. The number of nitrogens with zero attached hydrogens (tertiary/aromatic N) is 2. The van der Waals surface area contributed by atoms with Crippen molar-refractivity contribution in [3.8, 4) is 0 Å². The summed E-state index contributed by atoms with van der Waals surface area (Å²) in [5, 5.41) is 1.40. The molecule has 2 fully saturated rings. The van der Waals surface area contributed by atoms with Gasteiger partial charge in [0.1, 0.15) is 11.4 Å². The molecule has 2 saturated heterocycles. The summed E-state index contributed by atoms with van der Waals surface area (Å²) in [5.41, 5.74) is 1.18. The Bertz CT molecular complexity index is 817. The molecular formula is C20H19FN2O3. The van der Waals surface area contributed by atoms with Crippen LogP contribution in [0.2, 0.25) is 0 Å². The molecule has 26 heavy (non-hydrogen) atoms. The van der Waals surface area contributed by atoms with Gasteiger partial charge in [0.2, 0.25) is 11.8 Å². The van der Waals surface area contributed by atoms with E-state index in [1.165, 1.54) is 17.2 Å². The van der Waals surface area contributed by atoms with Gasteiger partial charge >= 0.3 is 0 Å². The summed E-state index contributed by atoms with van der Waals surface area (Å²) in [4.78, 5) is 32.2. The van der Waals surface area contributed by atoms with E-state index in [-0.39, 0.29) is 24.1 Å². The lowest BCUT2D eigenvalue weighted by molar-refractivity contribution is -0.238. The summed E-state index contributed by atoms with van der Waals surface area (Å²) >= 11 is 0. The van der Waals surface area contributed by atoms with Crippen LogP contribution in [0.3, 0.4) is 0 Å². The van der Waals surface area contributed by atoms with Gasteiger partial charge in [-0.2, -0.15) is 0 Å². The highest BCUT2D eigenvalue weighted by molar-refractivity contribution is 5.82. The number of amides is 2. The van der Waals surface area contributed by atoms with Gasteiger partial charge in [-0.15, -0.1) is 0 Å². The zero-order valence-corrected chi connectivity index (χ0v) is 14.2. The van der Waals surface area contributed by atoms with Gasteiger partial charge in [-0.25, -0.2) is 9.45 Å². The van der Waals surface area contributed by atoms with E-state index in [0.29, 0.717) is 26.1 Å². The minimum atomic E-state index is -0.593. The molecule has 5 nitrogen and oxygen atoms in total. The van der Waals surface area contributed by atoms with Gasteiger partial charge in [-0.3, -0.25) is 14.4 Å². The highest BCUT2D eigenvalue weighted by Crippen LogP contribution is 2.36. The minimum absolute atomic E-state index is 0.0419. The molecule has 0 atom stereocenters. The molecule has 1 spiro atoms. The van der Waals surface area contributed by atoms with Gasteiger partial charge < -0.3 is 4.90 Å². The van der Waals surface area contributed by atoms with Crippen molar-refractivity contribution in [2.24, 2.45) is 0 Å². The van der Waals surface area contributed by atoms with Crippen molar-refractivity contribution < 1.29 is 18.8 Å². The summed E-state index contributed by atoms with van der Waals surface area (Å²) < 4.78 is 12.9. The van der Waals surface area contributed by atoms with E-state index in [0.717, 1.165) is 11.1 Å². The Morgan fingerprint density at radius 3 is 2.42 bits per heavy atom. The Morgan fingerprint density at radius 2 is 1.73 bits per heavy atom. The van der Waals surface area contributed by atoms with Gasteiger partial charge in [0, 0.05) is 0 Å². The van der Waals surface area contributed by atoms with Crippen LogP contribution in [0.25, 0.3) is 0 Å². The van der Waals surface area contributed by atoms with Crippen molar-refractivity contribution >= 4 is 11.8 Å². The molecule has 134 valence electrons. The van der Waals surface area contributed by atoms with Gasteiger partial charge in [0.05, 0.1) is 32.5 Å². The normalized spacial score (nSPS) is 18.3. The first-order chi connectivity index (χ1) is 12.5. The van der Waals surface area contributed by atoms with E-state index in [2.05, 4.69) is 0 Å². The summed E-state index contributed by atoms with van der Waals surface area (Å²) in [6, 6.07) is 15.6. The van der Waals surface area contributed by atoms with Gasteiger partial charge in [-0.05, 0) is 23.3 Å². The summed E-state index contributed by atoms with van der Waals surface area (Å²) in [6.45, 7) is 1.22. The highest BCUT2D eigenvalue weighted by atomic mass is 19.1. The van der Waals surface area contributed by atoms with Crippen LogP contribution in [0.1, 0.15) is 17.5 Å². The second-order valence-electron chi connectivity index (χ2n) is 6.92. The lowest BCUT2D eigenvalue weighted by Gasteiger charge is -2.46. The SMILES string of the molecule is O=C(Cc1ccc(F)cc1)N1CC2(CC(=O)N(Cc3ccccc3)O2)C1. The maximum absolute atomic E-state index is 12.9. The fourth-order valence-corrected chi connectivity index (χ4v) is 3.43. The number of carbonyl (C=O) groups excluding carboxylic acids is 2. The molecule has 4 rings (SSSR count). The van der Waals surface area contributed by atoms with E-state index in [4.69, 9.17) is 4.84 Å². The number of halogens is 1. The highest BCUT2D eigenvalue weighted by Gasteiger charge is 2.54. The lowest BCUT2D eigenvalue weighted by atomic mass is 9.90. The Morgan fingerprint density at radius 1 is 1.04 bits per heavy atom. The van der Waals surface area contributed by atoms with E-state index in [9.17, 15) is 14.0 Å². The fourth-order valence-electron chi connectivity index (χ4n) is 3.43. The Labute approximate surface area is 150 Å². The number of likely N-dealkylation sites (tertiary alicyclic amines) is 1. The molecule has 2 amide bonds. The molecule has 0 saturated carbocycles. The fraction of sp³-hybridized carbons (Fsp3) is 0.300. The molecule has 2 aliphatic rings. The number of rotatable bonds is 4. The monoisotopic (exact) mass is 354 g/mol. The van der Waals surface area contributed by atoms with Crippen molar-refractivity contribution in [3.63, 3.8) is 0 Å². The Balaban J connectivity index is 1.32. The Kier molecular flexibility index (Phi) is 4.20. The maximum atomic E-state index is 12.9. The molecular weight excluding hydrogens is 335 g/mol. The number of hydroxylamine groups is 2. The van der Waals surface area contributed by atoms with Crippen LogP contribution < -0.4 is 0 Å². The van der Waals surface area contributed by atoms with Crippen molar-refractivity contribution in [2.45, 2.75) is 25.0 Å². The number of hydrogen-bond acceptors (Lipinski definition) is 3. The smallest absolute Gasteiger partial charge is 0.249 e. The maximum Gasteiger partial charge on any atom is 0.249 e. The molecule has 6 heteroatoms. The minimum Gasteiger partial charge on any atom is -0.336 e. The number of hydrogen-bond donors (Lipinski definition) is 0. The third kappa shape index (κ3) is 3.32. The molecule has 0 unspecified atom stereocenters. The predicted octanol–water partition coefficient (Wildman–Crippen LogP) is 2.31. The van der Waals surface area contributed by atoms with Crippen molar-refractivity contribution in [1.29, 1.82) is 0 Å².